The number of hydrogen-bond donors (Lipinski definition) is 2. The molecule has 3 heterocycles. The van der Waals surface area contributed by atoms with Gasteiger partial charge in [-0.15, -0.1) is 35.3 Å². The van der Waals surface area contributed by atoms with Gasteiger partial charge in [-0.3, -0.25) is 4.99 Å². The van der Waals surface area contributed by atoms with Crippen LogP contribution in [0, 0.1) is 5.92 Å². The lowest BCUT2D eigenvalue weighted by molar-refractivity contribution is 0.210. The number of likely N-dealkylation sites (tertiary alicyclic amines) is 1. The molecule has 2 aliphatic heterocycles. The predicted molar refractivity (Wildman–Crippen MR) is 120 cm³/mol. The van der Waals surface area contributed by atoms with Crippen LogP contribution in [-0.2, 0) is 0 Å². The van der Waals surface area contributed by atoms with Crippen molar-refractivity contribution in [1.82, 2.24) is 15.5 Å². The van der Waals surface area contributed by atoms with Crippen LogP contribution in [0.4, 0.5) is 5.00 Å². The summed E-state index contributed by atoms with van der Waals surface area (Å²) in [5.41, 5.74) is 0. The highest BCUT2D eigenvalue weighted by Crippen LogP contribution is 2.24. The zero-order valence-electron chi connectivity index (χ0n) is 15.4. The molecule has 0 bridgehead atoms. The molecule has 2 saturated heterocycles. The standard InChI is InChI=1S/C18H31N5S.HI/c1-19-18(20-13-15-5-3-9-22(2)14-15)21-16-7-10-23(11-8-16)17-6-4-12-24-17;/h4,6,12,15-16H,3,5,7-11,13-14H2,1-2H3,(H2,19,20,21);1H. The van der Waals surface area contributed by atoms with Gasteiger partial charge in [-0.25, -0.2) is 0 Å². The zero-order valence-corrected chi connectivity index (χ0v) is 18.6. The van der Waals surface area contributed by atoms with E-state index in [1.807, 2.05) is 18.4 Å². The number of anilines is 1. The van der Waals surface area contributed by atoms with Crippen LogP contribution in [0.15, 0.2) is 22.5 Å². The van der Waals surface area contributed by atoms with E-state index in [-0.39, 0.29) is 24.0 Å². The van der Waals surface area contributed by atoms with Crippen LogP contribution in [0.2, 0.25) is 0 Å². The third kappa shape index (κ3) is 6.29. The second kappa shape index (κ2) is 10.6. The number of halogens is 1. The summed E-state index contributed by atoms with van der Waals surface area (Å²) in [6, 6.07) is 4.89. The van der Waals surface area contributed by atoms with E-state index < -0.39 is 0 Å². The van der Waals surface area contributed by atoms with Gasteiger partial charge in [-0.05, 0) is 62.7 Å². The first kappa shape index (κ1) is 20.8. The summed E-state index contributed by atoms with van der Waals surface area (Å²) >= 11 is 1.84. The predicted octanol–water partition coefficient (Wildman–Crippen LogP) is 2.84. The Bertz CT molecular complexity index is 514. The van der Waals surface area contributed by atoms with E-state index >= 15 is 0 Å². The lowest BCUT2D eigenvalue weighted by atomic mass is 9.98. The van der Waals surface area contributed by atoms with Crippen LogP contribution >= 0.6 is 35.3 Å². The molecule has 0 aromatic carbocycles. The molecule has 1 unspecified atom stereocenters. The van der Waals surface area contributed by atoms with Crippen LogP contribution in [0.3, 0.4) is 0 Å². The average Bonchev–Trinajstić information content (AvgIpc) is 3.14. The minimum Gasteiger partial charge on any atom is -0.363 e. The Labute approximate surface area is 173 Å². The Morgan fingerprint density at radius 3 is 2.72 bits per heavy atom. The van der Waals surface area contributed by atoms with E-state index in [0.717, 1.165) is 31.5 Å². The molecule has 5 nitrogen and oxygen atoms in total. The third-order valence-corrected chi connectivity index (χ3v) is 6.09. The fraction of sp³-hybridized carbons (Fsp3) is 0.722. The number of nitrogens with one attached hydrogen (secondary N) is 2. The summed E-state index contributed by atoms with van der Waals surface area (Å²) in [6.07, 6.45) is 4.99. The molecular weight excluding hydrogens is 445 g/mol. The molecule has 142 valence electrons. The third-order valence-electron chi connectivity index (χ3n) is 5.16. The molecule has 25 heavy (non-hydrogen) atoms. The fourth-order valence-electron chi connectivity index (χ4n) is 3.76. The number of thiophene rings is 1. The highest BCUT2D eigenvalue weighted by Gasteiger charge is 2.21. The van der Waals surface area contributed by atoms with Gasteiger partial charge in [0.15, 0.2) is 5.96 Å². The molecule has 1 aromatic heterocycles. The van der Waals surface area contributed by atoms with Crippen molar-refractivity contribution in [2.24, 2.45) is 10.9 Å². The molecule has 0 saturated carbocycles. The number of nitrogens with zero attached hydrogens (tertiary/aromatic N) is 3. The summed E-state index contributed by atoms with van der Waals surface area (Å²) in [7, 11) is 4.10. The average molecular weight is 477 g/mol. The smallest absolute Gasteiger partial charge is 0.191 e. The molecule has 0 amide bonds. The lowest BCUT2D eigenvalue weighted by Crippen LogP contribution is -2.50. The van der Waals surface area contributed by atoms with Crippen molar-refractivity contribution in [2.45, 2.75) is 31.7 Å². The van der Waals surface area contributed by atoms with Crippen molar-refractivity contribution in [3.8, 4) is 0 Å². The molecule has 1 aromatic rings. The SMILES string of the molecule is CN=C(NCC1CCCN(C)C1)NC1CCN(c2cccs2)CC1.I. The molecule has 2 fully saturated rings. The highest BCUT2D eigenvalue weighted by molar-refractivity contribution is 14.0. The Hall–Kier alpha value is -0.540. The van der Waals surface area contributed by atoms with Crippen LogP contribution in [-0.4, -0.2) is 63.7 Å². The molecule has 0 spiro atoms. The largest absolute Gasteiger partial charge is 0.363 e. The maximum absolute atomic E-state index is 4.42. The van der Waals surface area contributed by atoms with Gasteiger partial charge >= 0.3 is 0 Å². The number of rotatable bonds is 4. The molecule has 2 N–H and O–H groups in total. The Kier molecular flexibility index (Phi) is 8.78. The quantitative estimate of drug-likeness (QED) is 0.398. The topological polar surface area (TPSA) is 42.9 Å². The van der Waals surface area contributed by atoms with Crippen LogP contribution in [0.5, 0.6) is 0 Å². The number of guanidine groups is 1. The molecule has 1 atom stereocenters. The Morgan fingerprint density at radius 1 is 1.28 bits per heavy atom. The van der Waals surface area contributed by atoms with E-state index in [1.165, 1.54) is 43.8 Å². The maximum atomic E-state index is 4.42. The van der Waals surface area contributed by atoms with E-state index in [1.54, 1.807) is 0 Å². The second-order valence-electron chi connectivity index (χ2n) is 7.08. The normalized spacial score (nSPS) is 23.2. The van der Waals surface area contributed by atoms with Gasteiger partial charge in [0.2, 0.25) is 0 Å². The zero-order chi connectivity index (χ0) is 16.8. The minimum atomic E-state index is 0. The summed E-state index contributed by atoms with van der Waals surface area (Å²) in [4.78, 5) is 9.36. The lowest BCUT2D eigenvalue weighted by Gasteiger charge is -2.34. The second-order valence-corrected chi connectivity index (χ2v) is 8.01. The van der Waals surface area contributed by atoms with Crippen molar-refractivity contribution in [3.63, 3.8) is 0 Å². The van der Waals surface area contributed by atoms with Crippen molar-refractivity contribution < 1.29 is 0 Å². The van der Waals surface area contributed by atoms with Gasteiger partial charge < -0.3 is 20.4 Å². The highest BCUT2D eigenvalue weighted by atomic mass is 127. The van der Waals surface area contributed by atoms with E-state index in [0.29, 0.717) is 6.04 Å². The molecular formula is C18H32IN5S. The maximum Gasteiger partial charge on any atom is 0.191 e. The van der Waals surface area contributed by atoms with Crippen molar-refractivity contribution in [2.75, 3.05) is 51.7 Å². The van der Waals surface area contributed by atoms with Gasteiger partial charge in [0.1, 0.15) is 0 Å². The monoisotopic (exact) mass is 477 g/mol. The number of aliphatic imine (C=N–C) groups is 1. The summed E-state index contributed by atoms with van der Waals surface area (Å²) < 4.78 is 0. The van der Waals surface area contributed by atoms with Crippen molar-refractivity contribution in [3.05, 3.63) is 17.5 Å². The molecule has 2 aliphatic rings. The summed E-state index contributed by atoms with van der Waals surface area (Å²) in [6.45, 7) is 5.72. The fourth-order valence-corrected chi connectivity index (χ4v) is 4.55. The van der Waals surface area contributed by atoms with Gasteiger partial charge in [-0.2, -0.15) is 0 Å². The van der Waals surface area contributed by atoms with Crippen molar-refractivity contribution >= 4 is 46.3 Å². The summed E-state index contributed by atoms with van der Waals surface area (Å²) in [5.74, 6) is 1.71. The molecule has 0 radical (unpaired) electrons. The van der Waals surface area contributed by atoms with Crippen LogP contribution < -0.4 is 15.5 Å². The Morgan fingerprint density at radius 2 is 2.08 bits per heavy atom. The number of hydrogen-bond acceptors (Lipinski definition) is 4. The van der Waals surface area contributed by atoms with Crippen LogP contribution in [0.25, 0.3) is 0 Å². The van der Waals surface area contributed by atoms with Gasteiger partial charge in [0.05, 0.1) is 5.00 Å². The molecule has 7 heteroatoms. The van der Waals surface area contributed by atoms with Crippen LogP contribution in [0.1, 0.15) is 25.7 Å². The van der Waals surface area contributed by atoms with Gasteiger partial charge in [-0.1, -0.05) is 0 Å². The van der Waals surface area contributed by atoms with Gasteiger partial charge in [0.25, 0.3) is 0 Å². The first-order chi connectivity index (χ1) is 11.7. The van der Waals surface area contributed by atoms with Crippen molar-refractivity contribution in [1.29, 1.82) is 0 Å². The van der Waals surface area contributed by atoms with E-state index in [9.17, 15) is 0 Å². The number of piperidine rings is 2. The molecule has 3 rings (SSSR count). The Balaban J connectivity index is 0.00000225. The van der Waals surface area contributed by atoms with E-state index in [4.69, 9.17) is 0 Å². The van der Waals surface area contributed by atoms with E-state index in [2.05, 4.69) is 50.0 Å². The first-order valence-corrected chi connectivity index (χ1v) is 10.1. The van der Waals surface area contributed by atoms with Gasteiger partial charge in [0, 0.05) is 39.3 Å². The first-order valence-electron chi connectivity index (χ1n) is 9.19. The molecule has 0 aliphatic carbocycles. The minimum absolute atomic E-state index is 0. The summed E-state index contributed by atoms with van der Waals surface area (Å²) in [5, 5.41) is 10.7.